The van der Waals surface area contributed by atoms with Crippen LogP contribution < -0.4 is 0 Å². The molecular formula is C16H22O. The number of aromatic hydroxyl groups is 1. The average molecular weight is 230 g/mol. The Kier molecular flexibility index (Phi) is 2.65. The third-order valence-electron chi connectivity index (χ3n) is 5.24. The summed E-state index contributed by atoms with van der Waals surface area (Å²) in [4.78, 5) is 0. The molecule has 0 bridgehead atoms. The minimum absolute atomic E-state index is 0.508. The van der Waals surface area contributed by atoms with E-state index in [0.29, 0.717) is 17.1 Å². The van der Waals surface area contributed by atoms with Gasteiger partial charge in [0.1, 0.15) is 5.75 Å². The zero-order chi connectivity index (χ0) is 11.9. The minimum atomic E-state index is 0.508. The number of para-hydroxylation sites is 1. The minimum Gasteiger partial charge on any atom is -0.508 e. The van der Waals surface area contributed by atoms with Gasteiger partial charge in [-0.25, -0.2) is 0 Å². The van der Waals surface area contributed by atoms with Gasteiger partial charge in [0.05, 0.1) is 0 Å². The van der Waals surface area contributed by atoms with Gasteiger partial charge in [-0.2, -0.15) is 0 Å². The molecule has 2 fully saturated rings. The molecule has 2 aliphatic rings. The Balaban J connectivity index is 1.95. The van der Waals surface area contributed by atoms with Crippen LogP contribution in [0.4, 0.5) is 0 Å². The van der Waals surface area contributed by atoms with Gasteiger partial charge in [-0.05, 0) is 54.6 Å². The van der Waals surface area contributed by atoms with Crippen molar-refractivity contribution in [1.29, 1.82) is 0 Å². The lowest BCUT2D eigenvalue weighted by atomic mass is 9.63. The van der Waals surface area contributed by atoms with Gasteiger partial charge < -0.3 is 5.11 Å². The standard InChI is InChI=1S/C16H22O/c1-16-10-4-7-12(14(16)8-5-11-16)13-6-2-3-9-15(13)17/h2-3,6,9,12,14,17H,4-5,7-8,10-11H2,1H3. The van der Waals surface area contributed by atoms with Crippen LogP contribution in [0.2, 0.25) is 0 Å². The number of rotatable bonds is 1. The summed E-state index contributed by atoms with van der Waals surface area (Å²) in [5, 5.41) is 10.1. The Morgan fingerprint density at radius 1 is 1.12 bits per heavy atom. The van der Waals surface area contributed by atoms with Crippen molar-refractivity contribution in [2.45, 2.75) is 51.4 Å². The summed E-state index contributed by atoms with van der Waals surface area (Å²) < 4.78 is 0. The molecular weight excluding hydrogens is 208 g/mol. The maximum atomic E-state index is 10.1. The highest BCUT2D eigenvalue weighted by atomic mass is 16.3. The lowest BCUT2D eigenvalue weighted by Gasteiger charge is -2.42. The Morgan fingerprint density at radius 2 is 1.82 bits per heavy atom. The smallest absolute Gasteiger partial charge is 0.119 e. The number of hydrogen-bond donors (Lipinski definition) is 1. The molecule has 0 aromatic heterocycles. The predicted octanol–water partition coefficient (Wildman–Crippen LogP) is 4.47. The highest BCUT2D eigenvalue weighted by Gasteiger charge is 2.45. The molecule has 3 rings (SSSR count). The SMILES string of the molecule is CC12CCCC(c3ccccc3O)C1CCC2. The molecule has 2 saturated carbocycles. The van der Waals surface area contributed by atoms with E-state index in [4.69, 9.17) is 0 Å². The van der Waals surface area contributed by atoms with Crippen LogP contribution in [-0.2, 0) is 0 Å². The van der Waals surface area contributed by atoms with Crippen molar-refractivity contribution in [3.05, 3.63) is 29.8 Å². The Morgan fingerprint density at radius 3 is 2.59 bits per heavy atom. The van der Waals surface area contributed by atoms with Crippen molar-refractivity contribution < 1.29 is 5.11 Å². The molecule has 17 heavy (non-hydrogen) atoms. The van der Waals surface area contributed by atoms with E-state index in [2.05, 4.69) is 19.1 Å². The molecule has 3 atom stereocenters. The first-order valence-corrected chi connectivity index (χ1v) is 6.99. The maximum absolute atomic E-state index is 10.1. The third-order valence-corrected chi connectivity index (χ3v) is 5.24. The Bertz CT molecular complexity index is 412. The van der Waals surface area contributed by atoms with Crippen LogP contribution in [-0.4, -0.2) is 5.11 Å². The topological polar surface area (TPSA) is 20.2 Å². The van der Waals surface area contributed by atoms with E-state index in [-0.39, 0.29) is 0 Å². The first-order chi connectivity index (χ1) is 8.21. The van der Waals surface area contributed by atoms with Gasteiger partial charge in [-0.1, -0.05) is 38.0 Å². The molecule has 1 heteroatoms. The fourth-order valence-corrected chi connectivity index (χ4v) is 4.36. The quantitative estimate of drug-likeness (QED) is 0.755. The summed E-state index contributed by atoms with van der Waals surface area (Å²) in [6, 6.07) is 7.96. The highest BCUT2D eigenvalue weighted by Crippen LogP contribution is 2.58. The van der Waals surface area contributed by atoms with Crippen LogP contribution in [0.3, 0.4) is 0 Å². The first-order valence-electron chi connectivity index (χ1n) is 6.99. The Labute approximate surface area is 104 Å². The number of phenolic OH excluding ortho intramolecular Hbond substituents is 1. The summed E-state index contributed by atoms with van der Waals surface area (Å²) in [5.41, 5.74) is 1.75. The van der Waals surface area contributed by atoms with Gasteiger partial charge in [-0.3, -0.25) is 0 Å². The van der Waals surface area contributed by atoms with Crippen molar-refractivity contribution in [3.63, 3.8) is 0 Å². The van der Waals surface area contributed by atoms with Gasteiger partial charge in [0.25, 0.3) is 0 Å². The van der Waals surface area contributed by atoms with Crippen molar-refractivity contribution in [1.82, 2.24) is 0 Å². The van der Waals surface area contributed by atoms with Crippen LogP contribution in [0.15, 0.2) is 24.3 Å². The van der Waals surface area contributed by atoms with Gasteiger partial charge in [0, 0.05) is 0 Å². The molecule has 0 saturated heterocycles. The van der Waals surface area contributed by atoms with E-state index in [1.54, 1.807) is 0 Å². The van der Waals surface area contributed by atoms with E-state index in [0.717, 1.165) is 5.92 Å². The molecule has 0 heterocycles. The molecule has 0 radical (unpaired) electrons. The predicted molar refractivity (Wildman–Crippen MR) is 70.1 cm³/mol. The van der Waals surface area contributed by atoms with Crippen LogP contribution in [0.25, 0.3) is 0 Å². The monoisotopic (exact) mass is 230 g/mol. The molecule has 1 aromatic rings. The molecule has 0 spiro atoms. The Hall–Kier alpha value is -0.980. The fraction of sp³-hybridized carbons (Fsp3) is 0.625. The van der Waals surface area contributed by atoms with Crippen molar-refractivity contribution >= 4 is 0 Å². The molecule has 1 nitrogen and oxygen atoms in total. The summed E-state index contributed by atoms with van der Waals surface area (Å²) >= 11 is 0. The third kappa shape index (κ3) is 1.76. The molecule has 0 aliphatic heterocycles. The number of hydrogen-bond acceptors (Lipinski definition) is 1. The molecule has 1 N–H and O–H groups in total. The second-order valence-corrected chi connectivity index (χ2v) is 6.21. The lowest BCUT2D eigenvalue weighted by Crippen LogP contribution is -2.31. The number of benzene rings is 1. The number of fused-ring (bicyclic) bond motifs is 1. The normalized spacial score (nSPS) is 36.8. The van der Waals surface area contributed by atoms with Gasteiger partial charge in [0.2, 0.25) is 0 Å². The molecule has 2 aliphatic carbocycles. The van der Waals surface area contributed by atoms with E-state index >= 15 is 0 Å². The lowest BCUT2D eigenvalue weighted by molar-refractivity contribution is 0.126. The molecule has 1 aromatic carbocycles. The van der Waals surface area contributed by atoms with Crippen molar-refractivity contribution in [3.8, 4) is 5.75 Å². The molecule has 3 unspecified atom stereocenters. The van der Waals surface area contributed by atoms with E-state index in [9.17, 15) is 5.11 Å². The van der Waals surface area contributed by atoms with Crippen LogP contribution in [0.1, 0.15) is 56.9 Å². The largest absolute Gasteiger partial charge is 0.508 e. The summed E-state index contributed by atoms with van der Waals surface area (Å²) in [6.07, 6.45) is 8.11. The second kappa shape index (κ2) is 4.04. The van der Waals surface area contributed by atoms with E-state index < -0.39 is 0 Å². The van der Waals surface area contributed by atoms with Gasteiger partial charge >= 0.3 is 0 Å². The van der Waals surface area contributed by atoms with Gasteiger partial charge in [0.15, 0.2) is 0 Å². The van der Waals surface area contributed by atoms with E-state index in [1.165, 1.54) is 44.1 Å². The van der Waals surface area contributed by atoms with Crippen molar-refractivity contribution in [2.24, 2.45) is 11.3 Å². The van der Waals surface area contributed by atoms with Gasteiger partial charge in [-0.15, -0.1) is 0 Å². The molecule has 92 valence electrons. The van der Waals surface area contributed by atoms with Crippen molar-refractivity contribution in [2.75, 3.05) is 0 Å². The first kappa shape index (κ1) is 11.1. The highest BCUT2D eigenvalue weighted by molar-refractivity contribution is 5.36. The zero-order valence-corrected chi connectivity index (χ0v) is 10.7. The average Bonchev–Trinajstić information content (AvgIpc) is 2.71. The number of phenols is 1. The van der Waals surface area contributed by atoms with Crippen LogP contribution >= 0.6 is 0 Å². The molecule has 0 amide bonds. The fourth-order valence-electron chi connectivity index (χ4n) is 4.36. The maximum Gasteiger partial charge on any atom is 0.119 e. The summed E-state index contributed by atoms with van der Waals surface area (Å²) in [5.74, 6) is 1.90. The zero-order valence-electron chi connectivity index (χ0n) is 10.7. The summed E-state index contributed by atoms with van der Waals surface area (Å²) in [7, 11) is 0. The second-order valence-electron chi connectivity index (χ2n) is 6.21. The van der Waals surface area contributed by atoms with E-state index in [1.807, 2.05) is 12.1 Å². The van der Waals surface area contributed by atoms with Crippen LogP contribution in [0.5, 0.6) is 5.75 Å². The van der Waals surface area contributed by atoms with Crippen LogP contribution in [0, 0.1) is 11.3 Å². The summed E-state index contributed by atoms with van der Waals surface area (Å²) in [6.45, 7) is 2.47.